The van der Waals surface area contributed by atoms with Crippen molar-refractivity contribution >= 4 is 90.2 Å². The SMILES string of the molecule is [C-]#[N+]C([N+]#[C-])=c1sc(-c2cc(C#CC#CC#C)c(-c3ccc(-c4ccc(-c5sc(C)cc5C)s4)s3)s2)c2c(=C(C#N)C#N)sc(C)c12. The van der Waals surface area contributed by atoms with Crippen molar-refractivity contribution in [2.45, 2.75) is 20.8 Å². The second-order valence-corrected chi connectivity index (χ2v) is 16.6. The van der Waals surface area contributed by atoms with Gasteiger partial charge in [-0.3, -0.25) is 0 Å². The van der Waals surface area contributed by atoms with Crippen LogP contribution in [0.3, 0.4) is 0 Å². The van der Waals surface area contributed by atoms with Gasteiger partial charge >= 0.3 is 5.82 Å². The molecule has 0 atom stereocenters. The van der Waals surface area contributed by atoms with Gasteiger partial charge in [-0.15, -0.1) is 74.4 Å². The van der Waals surface area contributed by atoms with Crippen LogP contribution >= 0.6 is 68.0 Å². The molecule has 10 heteroatoms. The van der Waals surface area contributed by atoms with Crippen LogP contribution < -0.4 is 9.06 Å². The lowest BCUT2D eigenvalue weighted by Gasteiger charge is -1.95. The fraction of sp³-hybridized carbons (Fsp3) is 0.0811. The topological polar surface area (TPSA) is 56.3 Å². The fourth-order valence-corrected chi connectivity index (χ4v) is 12.2. The molecule has 0 fully saturated rings. The molecule has 0 aromatic carbocycles. The van der Waals surface area contributed by atoms with E-state index in [0.717, 1.165) is 40.2 Å². The normalized spacial score (nSPS) is 10.0. The Hall–Kier alpha value is -5.16. The third kappa shape index (κ3) is 5.83. The van der Waals surface area contributed by atoms with Gasteiger partial charge < -0.3 is 0 Å². The first-order valence-electron chi connectivity index (χ1n) is 13.6. The predicted octanol–water partition coefficient (Wildman–Crippen LogP) is 9.89. The van der Waals surface area contributed by atoms with Crippen molar-refractivity contribution in [3.05, 3.63) is 89.2 Å². The number of fused-ring (bicyclic) bond motifs is 1. The Bertz CT molecular complexity index is 2680. The summed E-state index contributed by atoms with van der Waals surface area (Å²) in [5.41, 5.74) is 2.05. The minimum Gasteiger partial charge on any atom is -0.192 e. The maximum atomic E-state index is 9.79. The predicted molar refractivity (Wildman–Crippen MR) is 201 cm³/mol. The van der Waals surface area contributed by atoms with E-state index in [9.17, 15) is 10.5 Å². The van der Waals surface area contributed by atoms with Crippen LogP contribution in [-0.2, 0) is 0 Å². The van der Waals surface area contributed by atoms with Crippen LogP contribution in [0.25, 0.3) is 70.9 Å². The molecule has 0 amide bonds. The van der Waals surface area contributed by atoms with Gasteiger partial charge in [0.2, 0.25) is 0 Å². The van der Waals surface area contributed by atoms with Crippen molar-refractivity contribution in [2.75, 3.05) is 0 Å². The summed E-state index contributed by atoms with van der Waals surface area (Å²) in [5.74, 6) is 13.5. The van der Waals surface area contributed by atoms with Crippen LogP contribution in [0.1, 0.15) is 20.9 Å². The molecule has 0 bridgehead atoms. The van der Waals surface area contributed by atoms with Gasteiger partial charge in [-0.1, -0.05) is 5.92 Å². The van der Waals surface area contributed by atoms with Crippen LogP contribution in [0.4, 0.5) is 0 Å². The summed E-state index contributed by atoms with van der Waals surface area (Å²) < 4.78 is 1.08. The van der Waals surface area contributed by atoms with E-state index in [1.54, 1.807) is 34.0 Å². The Labute approximate surface area is 295 Å². The highest BCUT2D eigenvalue weighted by molar-refractivity contribution is 7.30. The molecule has 0 unspecified atom stereocenters. The molecule has 0 aliphatic rings. The van der Waals surface area contributed by atoms with E-state index in [1.807, 2.05) is 36.5 Å². The van der Waals surface area contributed by atoms with Crippen LogP contribution in [0, 0.1) is 92.6 Å². The molecule has 47 heavy (non-hydrogen) atoms. The van der Waals surface area contributed by atoms with E-state index in [2.05, 4.69) is 83.5 Å². The highest BCUT2D eigenvalue weighted by Gasteiger charge is 2.24. The lowest BCUT2D eigenvalue weighted by atomic mass is 10.1. The monoisotopic (exact) mass is 708 g/mol. The van der Waals surface area contributed by atoms with Crippen LogP contribution in [0.15, 0.2) is 36.4 Å². The minimum absolute atomic E-state index is 0.00153. The summed E-state index contributed by atoms with van der Waals surface area (Å²) in [4.78, 5) is 17.7. The smallest absolute Gasteiger partial charge is 0.192 e. The van der Waals surface area contributed by atoms with E-state index in [-0.39, 0.29) is 11.4 Å². The summed E-state index contributed by atoms with van der Waals surface area (Å²) in [7, 11) is 0. The quantitative estimate of drug-likeness (QED) is 0.135. The van der Waals surface area contributed by atoms with Crippen molar-refractivity contribution in [1.82, 2.24) is 0 Å². The molecule has 0 saturated carbocycles. The molecule has 0 aliphatic heterocycles. The number of rotatable bonds is 4. The first-order valence-corrected chi connectivity index (χ1v) is 18.5. The van der Waals surface area contributed by atoms with Crippen LogP contribution in [0.2, 0.25) is 0 Å². The number of nitriles is 2. The molecule has 220 valence electrons. The number of hydrogen-bond donors (Lipinski definition) is 0. The highest BCUT2D eigenvalue weighted by atomic mass is 32.1. The van der Waals surface area contributed by atoms with Gasteiger partial charge in [-0.05, 0) is 86.4 Å². The average molecular weight is 709 g/mol. The summed E-state index contributed by atoms with van der Waals surface area (Å²) in [5, 5.41) is 21.0. The molecule has 0 radical (unpaired) electrons. The molecular formula is C37H16N4S6. The molecule has 6 rings (SSSR count). The summed E-state index contributed by atoms with van der Waals surface area (Å²) in [6, 6.07) is 16.9. The Morgan fingerprint density at radius 3 is 1.94 bits per heavy atom. The lowest BCUT2D eigenvalue weighted by molar-refractivity contribution is 1.51. The van der Waals surface area contributed by atoms with Gasteiger partial charge in [0.25, 0.3) is 0 Å². The van der Waals surface area contributed by atoms with Crippen molar-refractivity contribution in [3.8, 4) is 87.2 Å². The van der Waals surface area contributed by atoms with E-state index < -0.39 is 0 Å². The van der Waals surface area contributed by atoms with Crippen LogP contribution in [-0.4, -0.2) is 0 Å². The van der Waals surface area contributed by atoms with Gasteiger partial charge in [0, 0.05) is 55.4 Å². The highest BCUT2D eigenvalue weighted by Crippen LogP contribution is 2.47. The Balaban J connectivity index is 1.56. The molecule has 0 spiro atoms. The fourth-order valence-electron chi connectivity index (χ4n) is 5.01. The first kappa shape index (κ1) is 31.8. The third-order valence-electron chi connectivity index (χ3n) is 6.90. The zero-order chi connectivity index (χ0) is 33.2. The number of thiophene rings is 6. The minimum atomic E-state index is -0.0402. The molecule has 0 N–H and O–H groups in total. The zero-order valence-corrected chi connectivity index (χ0v) is 29.7. The Morgan fingerprint density at radius 2 is 1.34 bits per heavy atom. The van der Waals surface area contributed by atoms with Gasteiger partial charge in [-0.25, -0.2) is 0 Å². The molecular weight excluding hydrogens is 693 g/mol. The second kappa shape index (κ2) is 13.3. The summed E-state index contributed by atoms with van der Waals surface area (Å²) >= 11 is 9.49. The number of aryl methyl sites for hydroxylation is 3. The maximum Gasteiger partial charge on any atom is 0.537 e. The number of terminal acetylenes is 1. The Morgan fingerprint density at radius 1 is 0.681 bits per heavy atom. The second-order valence-electron chi connectivity index (χ2n) is 9.84. The van der Waals surface area contributed by atoms with Gasteiger partial charge in [0.15, 0.2) is 0 Å². The Kier molecular flexibility index (Phi) is 8.99. The van der Waals surface area contributed by atoms with Crippen molar-refractivity contribution in [3.63, 3.8) is 0 Å². The van der Waals surface area contributed by atoms with Gasteiger partial charge in [0.05, 0.1) is 14.3 Å². The van der Waals surface area contributed by atoms with E-state index in [0.29, 0.717) is 14.5 Å². The molecule has 6 aromatic rings. The maximum absolute atomic E-state index is 9.79. The third-order valence-corrected chi connectivity index (χ3v) is 14.4. The standard InChI is InChI=1S/C37H16N4S6/c1-7-8-9-10-11-23-17-29(35-31-30(36(47-35)37(40-5)41-6)22(4)43-34(31)24(18-38)19-39)46-33(23)28-15-13-26(45-28)25-12-14-27(44-25)32-20(2)16-21(3)42-32/h1,12-17H,2-4H3. The molecule has 0 aliphatic carbocycles. The van der Waals surface area contributed by atoms with E-state index >= 15 is 0 Å². The molecule has 6 aromatic heterocycles. The molecule has 0 saturated heterocycles. The van der Waals surface area contributed by atoms with Crippen molar-refractivity contribution < 1.29 is 0 Å². The molecule has 6 heterocycles. The van der Waals surface area contributed by atoms with Gasteiger partial charge in [-0.2, -0.15) is 20.2 Å². The summed E-state index contributed by atoms with van der Waals surface area (Å²) in [6.07, 6.45) is 5.31. The molecule has 4 nitrogen and oxygen atoms in total. The van der Waals surface area contributed by atoms with E-state index in [4.69, 9.17) is 19.6 Å². The van der Waals surface area contributed by atoms with Crippen molar-refractivity contribution in [2.24, 2.45) is 0 Å². The van der Waals surface area contributed by atoms with Crippen molar-refractivity contribution in [1.29, 1.82) is 10.5 Å². The lowest BCUT2D eigenvalue weighted by Crippen LogP contribution is -1.99. The largest absolute Gasteiger partial charge is 0.537 e. The van der Waals surface area contributed by atoms with E-state index in [1.165, 1.54) is 47.7 Å². The summed E-state index contributed by atoms with van der Waals surface area (Å²) in [6.45, 7) is 21.5. The zero-order valence-electron chi connectivity index (χ0n) is 24.8. The van der Waals surface area contributed by atoms with Crippen LogP contribution in [0.5, 0.6) is 0 Å². The average Bonchev–Trinajstić information content (AvgIpc) is 3.90. The first-order chi connectivity index (χ1) is 22.8. The van der Waals surface area contributed by atoms with Gasteiger partial charge in [0.1, 0.15) is 35.4 Å². The number of hydrogen-bond acceptors (Lipinski definition) is 8. The number of nitrogens with zero attached hydrogens (tertiary/aromatic N) is 4.